The van der Waals surface area contributed by atoms with Crippen LogP contribution >= 0.6 is 0 Å². The summed E-state index contributed by atoms with van der Waals surface area (Å²) in [6.07, 6.45) is 5.57. The number of hydrogen-bond donors (Lipinski definition) is 1. The van der Waals surface area contributed by atoms with Crippen molar-refractivity contribution in [1.82, 2.24) is 15.3 Å². The van der Waals surface area contributed by atoms with Crippen molar-refractivity contribution in [2.24, 2.45) is 0 Å². The van der Waals surface area contributed by atoms with Gasteiger partial charge in [-0.2, -0.15) is 4.98 Å². The molecule has 0 spiro atoms. The van der Waals surface area contributed by atoms with Crippen molar-refractivity contribution in [3.05, 3.63) is 59.4 Å². The topological polar surface area (TPSA) is 107 Å². The lowest BCUT2D eigenvalue weighted by atomic mass is 9.99. The third-order valence-electron chi connectivity index (χ3n) is 4.53. The van der Waals surface area contributed by atoms with Crippen LogP contribution in [-0.2, 0) is 14.6 Å². The molecule has 0 radical (unpaired) electrons. The Morgan fingerprint density at radius 1 is 1.27 bits per heavy atom. The van der Waals surface area contributed by atoms with Crippen molar-refractivity contribution in [2.75, 3.05) is 19.5 Å². The molecule has 0 aliphatic carbocycles. The molecule has 1 atom stereocenters. The molecule has 1 fully saturated rings. The van der Waals surface area contributed by atoms with Crippen LogP contribution in [0.4, 0.5) is 0 Å². The summed E-state index contributed by atoms with van der Waals surface area (Å²) >= 11 is 0. The molecule has 1 aromatic carbocycles. The summed E-state index contributed by atoms with van der Waals surface area (Å²) in [6.45, 7) is 2.97. The van der Waals surface area contributed by atoms with Crippen LogP contribution in [0.3, 0.4) is 0 Å². The number of aromatic nitrogens is 2. The van der Waals surface area contributed by atoms with Crippen LogP contribution in [-0.4, -0.2) is 49.8 Å². The highest BCUT2D eigenvalue weighted by Gasteiger charge is 2.23. The molecule has 1 unspecified atom stereocenters. The first-order valence-electron chi connectivity index (χ1n) is 9.68. The van der Waals surface area contributed by atoms with Gasteiger partial charge in [-0.15, -0.1) is 0 Å². The van der Waals surface area contributed by atoms with Crippen molar-refractivity contribution >= 4 is 15.7 Å². The SMILES string of the molecule is CC(C=CS(C)(=O)=O)NC(=O)c1cnc(C2CCOCC2)nc1Oc1ccccc1. The van der Waals surface area contributed by atoms with Crippen LogP contribution in [0.15, 0.2) is 48.0 Å². The molecule has 3 rings (SSSR count). The van der Waals surface area contributed by atoms with Crippen molar-refractivity contribution < 1.29 is 22.7 Å². The number of benzene rings is 1. The molecule has 0 bridgehead atoms. The van der Waals surface area contributed by atoms with Crippen LogP contribution in [0.1, 0.15) is 41.9 Å². The molecule has 1 amide bonds. The lowest BCUT2D eigenvalue weighted by molar-refractivity contribution is 0.0833. The van der Waals surface area contributed by atoms with Crippen molar-refractivity contribution in [2.45, 2.75) is 31.7 Å². The van der Waals surface area contributed by atoms with Gasteiger partial charge in [0.05, 0.1) is 0 Å². The van der Waals surface area contributed by atoms with Gasteiger partial charge in [0, 0.05) is 43.0 Å². The Labute approximate surface area is 176 Å². The highest BCUT2D eigenvalue weighted by molar-refractivity contribution is 7.93. The van der Waals surface area contributed by atoms with E-state index in [9.17, 15) is 13.2 Å². The van der Waals surface area contributed by atoms with Crippen LogP contribution in [0.25, 0.3) is 0 Å². The minimum absolute atomic E-state index is 0.144. The van der Waals surface area contributed by atoms with E-state index in [0.29, 0.717) is 24.8 Å². The average molecular weight is 432 g/mol. The molecule has 1 saturated heterocycles. The molecule has 1 aliphatic rings. The second kappa shape index (κ2) is 9.82. The summed E-state index contributed by atoms with van der Waals surface area (Å²) in [5.41, 5.74) is 0.175. The second-order valence-electron chi connectivity index (χ2n) is 7.17. The molecule has 1 N–H and O–H groups in total. The van der Waals surface area contributed by atoms with Gasteiger partial charge in [-0.1, -0.05) is 24.3 Å². The quantitative estimate of drug-likeness (QED) is 0.718. The van der Waals surface area contributed by atoms with Crippen LogP contribution < -0.4 is 10.1 Å². The van der Waals surface area contributed by atoms with Gasteiger partial charge in [0.25, 0.3) is 5.91 Å². The van der Waals surface area contributed by atoms with E-state index in [1.165, 1.54) is 12.3 Å². The summed E-state index contributed by atoms with van der Waals surface area (Å²) in [5.74, 6) is 1.02. The zero-order chi connectivity index (χ0) is 21.6. The van der Waals surface area contributed by atoms with Gasteiger partial charge >= 0.3 is 0 Å². The zero-order valence-electron chi connectivity index (χ0n) is 16.9. The van der Waals surface area contributed by atoms with E-state index in [1.807, 2.05) is 18.2 Å². The molecule has 1 aromatic heterocycles. The number of sulfone groups is 1. The lowest BCUT2D eigenvalue weighted by Gasteiger charge is -2.21. The standard InChI is InChI=1S/C21H25N3O5S/c1-15(10-13-30(2,26)27)23-20(25)18-14-22-19(16-8-11-28-12-9-16)24-21(18)29-17-6-4-3-5-7-17/h3-7,10,13-16H,8-9,11-12H2,1-2H3,(H,23,25). The molecule has 30 heavy (non-hydrogen) atoms. The number of rotatable bonds is 7. The number of carbonyl (C=O) groups is 1. The summed E-state index contributed by atoms with van der Waals surface area (Å²) < 4.78 is 33.9. The minimum Gasteiger partial charge on any atom is -0.438 e. The van der Waals surface area contributed by atoms with E-state index in [-0.39, 0.29) is 17.4 Å². The summed E-state index contributed by atoms with van der Waals surface area (Å²) in [4.78, 5) is 21.7. The van der Waals surface area contributed by atoms with Crippen molar-refractivity contribution in [1.29, 1.82) is 0 Å². The van der Waals surface area contributed by atoms with E-state index >= 15 is 0 Å². The lowest BCUT2D eigenvalue weighted by Crippen LogP contribution is -2.32. The largest absolute Gasteiger partial charge is 0.438 e. The maximum Gasteiger partial charge on any atom is 0.258 e. The van der Waals surface area contributed by atoms with Crippen LogP contribution in [0.5, 0.6) is 11.6 Å². The van der Waals surface area contributed by atoms with Crippen molar-refractivity contribution in [3.8, 4) is 11.6 Å². The van der Waals surface area contributed by atoms with Gasteiger partial charge in [-0.25, -0.2) is 13.4 Å². The fourth-order valence-corrected chi connectivity index (χ4v) is 3.48. The van der Waals surface area contributed by atoms with E-state index < -0.39 is 21.8 Å². The predicted octanol–water partition coefficient (Wildman–Crippen LogP) is 2.84. The van der Waals surface area contributed by atoms with Crippen molar-refractivity contribution in [3.63, 3.8) is 0 Å². The van der Waals surface area contributed by atoms with E-state index in [0.717, 1.165) is 24.5 Å². The maximum atomic E-state index is 12.8. The molecule has 160 valence electrons. The smallest absolute Gasteiger partial charge is 0.258 e. The summed E-state index contributed by atoms with van der Waals surface area (Å²) in [5, 5.41) is 3.78. The highest BCUT2D eigenvalue weighted by atomic mass is 32.2. The molecular formula is C21H25N3O5S. The Bertz CT molecular complexity index is 1000. The number of para-hydroxylation sites is 1. The third-order valence-corrected chi connectivity index (χ3v) is 5.19. The van der Waals surface area contributed by atoms with Gasteiger partial charge in [0.2, 0.25) is 5.88 Å². The van der Waals surface area contributed by atoms with Gasteiger partial charge in [-0.05, 0) is 31.9 Å². The molecule has 1 aliphatic heterocycles. The first kappa shape index (κ1) is 21.9. The Morgan fingerprint density at radius 3 is 2.63 bits per heavy atom. The average Bonchev–Trinajstić information content (AvgIpc) is 2.73. The second-order valence-corrected chi connectivity index (χ2v) is 9.10. The summed E-state index contributed by atoms with van der Waals surface area (Å²) in [6, 6.07) is 8.56. The number of amides is 1. The fourth-order valence-electron chi connectivity index (χ4n) is 2.96. The molecule has 2 heterocycles. The predicted molar refractivity (Wildman–Crippen MR) is 112 cm³/mol. The molecule has 0 saturated carbocycles. The first-order chi connectivity index (χ1) is 14.3. The molecule has 9 heteroatoms. The summed E-state index contributed by atoms with van der Waals surface area (Å²) in [7, 11) is -3.28. The molecule has 2 aromatic rings. The highest BCUT2D eigenvalue weighted by Crippen LogP contribution is 2.28. The number of hydrogen-bond acceptors (Lipinski definition) is 7. The first-order valence-corrected chi connectivity index (χ1v) is 11.6. The number of carbonyl (C=O) groups excluding carboxylic acids is 1. The van der Waals surface area contributed by atoms with Gasteiger partial charge in [0.1, 0.15) is 17.1 Å². The molecule has 8 nitrogen and oxygen atoms in total. The number of nitrogens with zero attached hydrogens (tertiary/aromatic N) is 2. The zero-order valence-corrected chi connectivity index (χ0v) is 17.8. The van der Waals surface area contributed by atoms with Gasteiger partial charge in [-0.3, -0.25) is 4.79 Å². The van der Waals surface area contributed by atoms with Crippen LogP contribution in [0.2, 0.25) is 0 Å². The van der Waals surface area contributed by atoms with Gasteiger partial charge in [0.15, 0.2) is 9.84 Å². The maximum absolute atomic E-state index is 12.8. The number of nitrogens with one attached hydrogen (secondary N) is 1. The Balaban J connectivity index is 1.85. The fraction of sp³-hybridized carbons (Fsp3) is 0.381. The van der Waals surface area contributed by atoms with E-state index in [2.05, 4.69) is 15.3 Å². The molecular weight excluding hydrogens is 406 g/mol. The van der Waals surface area contributed by atoms with E-state index in [1.54, 1.807) is 19.1 Å². The Morgan fingerprint density at radius 2 is 1.97 bits per heavy atom. The normalized spacial score (nSPS) is 16.3. The van der Waals surface area contributed by atoms with E-state index in [4.69, 9.17) is 9.47 Å². The monoisotopic (exact) mass is 431 g/mol. The van der Waals surface area contributed by atoms with Gasteiger partial charge < -0.3 is 14.8 Å². The third kappa shape index (κ3) is 6.36. The Kier molecular flexibility index (Phi) is 7.17. The van der Waals surface area contributed by atoms with Crippen LogP contribution in [0, 0.1) is 0 Å². The Hall–Kier alpha value is -2.78. The minimum atomic E-state index is -3.28. The number of ether oxygens (including phenoxy) is 2.